The average molecular weight is 308 g/mol. The van der Waals surface area contributed by atoms with E-state index in [2.05, 4.69) is 4.74 Å². The van der Waals surface area contributed by atoms with E-state index in [1.165, 1.54) is 37.4 Å². The van der Waals surface area contributed by atoms with Gasteiger partial charge >= 0.3 is 12.1 Å². The summed E-state index contributed by atoms with van der Waals surface area (Å²) in [6.07, 6.45) is -3.98. The predicted octanol–water partition coefficient (Wildman–Crippen LogP) is 3.97. The van der Waals surface area contributed by atoms with Crippen LogP contribution in [0.5, 0.6) is 0 Å². The van der Waals surface area contributed by atoms with Crippen molar-refractivity contribution in [3.63, 3.8) is 0 Å². The monoisotopic (exact) mass is 308 g/mol. The SMILES string of the molecule is COC(=O)c1ccc(-c2cccc(C(F)(F)F)c2)c(C=O)c1. The Morgan fingerprint density at radius 2 is 1.86 bits per heavy atom. The predicted molar refractivity (Wildman–Crippen MR) is 73.6 cm³/mol. The van der Waals surface area contributed by atoms with Gasteiger partial charge in [-0.25, -0.2) is 4.79 Å². The Hall–Kier alpha value is -2.63. The average Bonchev–Trinajstić information content (AvgIpc) is 2.52. The first-order valence-electron chi connectivity index (χ1n) is 6.22. The molecule has 0 amide bonds. The zero-order valence-electron chi connectivity index (χ0n) is 11.5. The molecule has 0 fully saturated rings. The van der Waals surface area contributed by atoms with Crippen molar-refractivity contribution in [2.45, 2.75) is 6.18 Å². The van der Waals surface area contributed by atoms with Gasteiger partial charge in [0.15, 0.2) is 6.29 Å². The summed E-state index contributed by atoms with van der Waals surface area (Å²) in [5.74, 6) is -0.626. The maximum Gasteiger partial charge on any atom is 0.416 e. The van der Waals surface area contributed by atoms with Crippen LogP contribution in [-0.2, 0) is 10.9 Å². The second-order valence-corrected chi connectivity index (χ2v) is 4.49. The summed E-state index contributed by atoms with van der Waals surface area (Å²) in [4.78, 5) is 22.6. The third-order valence-electron chi connectivity index (χ3n) is 3.10. The van der Waals surface area contributed by atoms with E-state index in [9.17, 15) is 22.8 Å². The van der Waals surface area contributed by atoms with Crippen molar-refractivity contribution in [1.82, 2.24) is 0 Å². The van der Waals surface area contributed by atoms with Crippen LogP contribution in [-0.4, -0.2) is 19.4 Å². The molecule has 0 N–H and O–H groups in total. The van der Waals surface area contributed by atoms with Gasteiger partial charge in [-0.2, -0.15) is 13.2 Å². The molecule has 0 aliphatic carbocycles. The summed E-state index contributed by atoms with van der Waals surface area (Å²) in [6, 6.07) is 8.75. The summed E-state index contributed by atoms with van der Waals surface area (Å²) < 4.78 is 42.8. The van der Waals surface area contributed by atoms with Gasteiger partial charge in [-0.1, -0.05) is 18.2 Å². The zero-order chi connectivity index (χ0) is 16.3. The summed E-state index contributed by atoms with van der Waals surface area (Å²) in [7, 11) is 1.20. The Labute approximate surface area is 124 Å². The van der Waals surface area contributed by atoms with Crippen LogP contribution in [0.15, 0.2) is 42.5 Å². The van der Waals surface area contributed by atoms with Gasteiger partial charge in [0.05, 0.1) is 18.2 Å². The zero-order valence-corrected chi connectivity index (χ0v) is 11.5. The molecule has 22 heavy (non-hydrogen) atoms. The molecule has 0 aliphatic heterocycles. The van der Waals surface area contributed by atoms with Crippen molar-refractivity contribution in [2.24, 2.45) is 0 Å². The first kappa shape index (κ1) is 15.8. The molecular formula is C16H11F3O3. The Bertz CT molecular complexity index is 721. The fourth-order valence-corrected chi connectivity index (χ4v) is 2.03. The van der Waals surface area contributed by atoms with Crippen LogP contribution >= 0.6 is 0 Å². The Morgan fingerprint density at radius 3 is 2.45 bits per heavy atom. The highest BCUT2D eigenvalue weighted by Crippen LogP contribution is 2.33. The minimum atomic E-state index is -4.47. The summed E-state index contributed by atoms with van der Waals surface area (Å²) in [5, 5.41) is 0. The number of esters is 1. The molecule has 0 aromatic heterocycles. The highest BCUT2D eigenvalue weighted by atomic mass is 19.4. The molecule has 2 aromatic carbocycles. The molecule has 0 atom stereocenters. The fourth-order valence-electron chi connectivity index (χ4n) is 2.03. The van der Waals surface area contributed by atoms with E-state index in [-0.39, 0.29) is 16.7 Å². The Morgan fingerprint density at radius 1 is 1.14 bits per heavy atom. The van der Waals surface area contributed by atoms with Gasteiger partial charge in [0.2, 0.25) is 0 Å². The normalized spacial score (nSPS) is 11.1. The Kier molecular flexibility index (Phi) is 4.30. The molecule has 0 radical (unpaired) electrons. The number of carbonyl (C=O) groups is 2. The maximum absolute atomic E-state index is 12.8. The number of halogens is 3. The minimum absolute atomic E-state index is 0.113. The standard InChI is InChI=1S/C16H11F3O3/c1-22-15(21)11-5-6-14(12(7-11)9-20)10-3-2-4-13(8-10)16(17,18)19/h2-9H,1H3. The van der Waals surface area contributed by atoms with Gasteiger partial charge in [0.1, 0.15) is 0 Å². The van der Waals surface area contributed by atoms with E-state index in [1.54, 1.807) is 0 Å². The van der Waals surface area contributed by atoms with E-state index in [4.69, 9.17) is 0 Å². The van der Waals surface area contributed by atoms with Crippen LogP contribution in [0.25, 0.3) is 11.1 Å². The molecule has 0 saturated carbocycles. The highest BCUT2D eigenvalue weighted by molar-refractivity contribution is 5.95. The molecule has 2 rings (SSSR count). The first-order chi connectivity index (χ1) is 10.4. The van der Waals surface area contributed by atoms with Gasteiger partial charge in [-0.15, -0.1) is 0 Å². The minimum Gasteiger partial charge on any atom is -0.465 e. The lowest BCUT2D eigenvalue weighted by Crippen LogP contribution is -2.05. The molecule has 2 aromatic rings. The van der Waals surface area contributed by atoms with Crippen LogP contribution < -0.4 is 0 Å². The van der Waals surface area contributed by atoms with Crippen molar-refractivity contribution in [3.8, 4) is 11.1 Å². The summed E-state index contributed by atoms with van der Waals surface area (Å²) >= 11 is 0. The Balaban J connectivity index is 2.53. The third-order valence-corrected chi connectivity index (χ3v) is 3.10. The van der Waals surface area contributed by atoms with Crippen LogP contribution in [0.4, 0.5) is 13.2 Å². The van der Waals surface area contributed by atoms with Crippen LogP contribution in [0.3, 0.4) is 0 Å². The number of aldehydes is 1. The molecule has 114 valence electrons. The summed E-state index contributed by atoms with van der Waals surface area (Å²) in [6.45, 7) is 0. The number of alkyl halides is 3. The number of benzene rings is 2. The van der Waals surface area contributed by atoms with Crippen molar-refractivity contribution in [2.75, 3.05) is 7.11 Å². The van der Waals surface area contributed by atoms with Crippen molar-refractivity contribution < 1.29 is 27.5 Å². The largest absolute Gasteiger partial charge is 0.465 e. The van der Waals surface area contributed by atoms with Gasteiger partial charge in [-0.05, 0) is 35.4 Å². The molecule has 0 unspecified atom stereocenters. The number of carbonyl (C=O) groups excluding carboxylic acids is 2. The van der Waals surface area contributed by atoms with Crippen LogP contribution in [0.1, 0.15) is 26.3 Å². The van der Waals surface area contributed by atoms with E-state index in [0.29, 0.717) is 11.8 Å². The van der Waals surface area contributed by atoms with Gasteiger partial charge < -0.3 is 4.74 Å². The van der Waals surface area contributed by atoms with Gasteiger partial charge in [0.25, 0.3) is 0 Å². The highest BCUT2D eigenvalue weighted by Gasteiger charge is 2.30. The molecular weight excluding hydrogens is 297 g/mol. The molecule has 3 nitrogen and oxygen atoms in total. The lowest BCUT2D eigenvalue weighted by atomic mass is 9.96. The molecule has 0 heterocycles. The molecule has 0 bridgehead atoms. The third kappa shape index (κ3) is 3.16. The quantitative estimate of drug-likeness (QED) is 0.636. The van der Waals surface area contributed by atoms with Crippen LogP contribution in [0.2, 0.25) is 0 Å². The smallest absolute Gasteiger partial charge is 0.416 e. The number of ether oxygens (including phenoxy) is 1. The lowest BCUT2D eigenvalue weighted by Gasteiger charge is -2.11. The number of rotatable bonds is 3. The molecule has 0 spiro atoms. The fraction of sp³-hybridized carbons (Fsp3) is 0.125. The first-order valence-corrected chi connectivity index (χ1v) is 6.22. The molecule has 0 aliphatic rings. The second kappa shape index (κ2) is 6.01. The van der Waals surface area contributed by atoms with E-state index < -0.39 is 17.7 Å². The number of hydrogen-bond acceptors (Lipinski definition) is 3. The van der Waals surface area contributed by atoms with Gasteiger partial charge in [-0.3, -0.25) is 4.79 Å². The van der Waals surface area contributed by atoms with Crippen LogP contribution in [0, 0.1) is 0 Å². The van der Waals surface area contributed by atoms with E-state index >= 15 is 0 Å². The van der Waals surface area contributed by atoms with Gasteiger partial charge in [0, 0.05) is 5.56 Å². The second-order valence-electron chi connectivity index (χ2n) is 4.49. The molecule has 6 heteroatoms. The lowest BCUT2D eigenvalue weighted by molar-refractivity contribution is -0.137. The maximum atomic E-state index is 12.8. The summed E-state index contributed by atoms with van der Waals surface area (Å²) in [5.41, 5.74) is 0.0172. The number of methoxy groups -OCH3 is 1. The van der Waals surface area contributed by atoms with E-state index in [1.807, 2.05) is 0 Å². The molecule has 0 saturated heterocycles. The number of hydrogen-bond donors (Lipinski definition) is 0. The topological polar surface area (TPSA) is 43.4 Å². The van der Waals surface area contributed by atoms with E-state index in [0.717, 1.165) is 12.1 Å². The van der Waals surface area contributed by atoms with Crippen molar-refractivity contribution in [3.05, 3.63) is 59.2 Å². The van der Waals surface area contributed by atoms with Crippen molar-refractivity contribution >= 4 is 12.3 Å². The van der Waals surface area contributed by atoms with Crippen molar-refractivity contribution in [1.29, 1.82) is 0 Å².